The van der Waals surface area contributed by atoms with Gasteiger partial charge in [-0.1, -0.05) is 27.7 Å². The average molecular weight is 284 g/mol. The largest absolute Gasteiger partial charge is 0.322 e. The third-order valence-corrected chi connectivity index (χ3v) is 5.20. The lowest BCUT2D eigenvalue weighted by Gasteiger charge is -2.36. The Kier molecular flexibility index (Phi) is 5.18. The normalized spacial score (nSPS) is 29.8. The van der Waals surface area contributed by atoms with Crippen LogP contribution in [0.4, 0.5) is 0 Å². The van der Waals surface area contributed by atoms with Gasteiger partial charge in [0.2, 0.25) is 5.91 Å². The average Bonchev–Trinajstić information content (AvgIpc) is 2.67. The van der Waals surface area contributed by atoms with Gasteiger partial charge in [0.15, 0.2) is 0 Å². The van der Waals surface area contributed by atoms with E-state index in [1.54, 1.807) is 0 Å². The first-order valence-electron chi connectivity index (χ1n) is 7.66. The van der Waals surface area contributed by atoms with Crippen LogP contribution >= 0.6 is 11.8 Å². The molecule has 19 heavy (non-hydrogen) atoms. The van der Waals surface area contributed by atoms with Crippen LogP contribution in [0.1, 0.15) is 47.0 Å². The molecule has 1 N–H and O–H groups in total. The molecule has 4 heteroatoms. The zero-order valence-electron chi connectivity index (χ0n) is 12.7. The zero-order chi connectivity index (χ0) is 14.0. The highest BCUT2D eigenvalue weighted by Gasteiger charge is 2.43. The van der Waals surface area contributed by atoms with Crippen LogP contribution in [0.5, 0.6) is 0 Å². The van der Waals surface area contributed by atoms with Crippen molar-refractivity contribution in [2.75, 3.05) is 11.5 Å². The van der Waals surface area contributed by atoms with E-state index in [0.717, 1.165) is 19.3 Å². The van der Waals surface area contributed by atoms with Crippen molar-refractivity contribution in [3.8, 4) is 0 Å². The SMILES string of the molecule is CC(C)CC1NC(C(C)C)N(C2CCSCC2)C1=O. The van der Waals surface area contributed by atoms with Gasteiger partial charge in [0.25, 0.3) is 0 Å². The quantitative estimate of drug-likeness (QED) is 0.861. The fourth-order valence-electron chi connectivity index (χ4n) is 3.20. The summed E-state index contributed by atoms with van der Waals surface area (Å²) in [7, 11) is 0. The van der Waals surface area contributed by atoms with Gasteiger partial charge in [-0.15, -0.1) is 0 Å². The third kappa shape index (κ3) is 3.46. The number of thioether (sulfide) groups is 1. The fourth-order valence-corrected chi connectivity index (χ4v) is 4.28. The molecule has 0 aromatic rings. The van der Waals surface area contributed by atoms with E-state index in [0.29, 0.717) is 23.8 Å². The first-order chi connectivity index (χ1) is 9.00. The summed E-state index contributed by atoms with van der Waals surface area (Å²) in [5.41, 5.74) is 0. The molecular formula is C15H28N2OS. The highest BCUT2D eigenvalue weighted by atomic mass is 32.2. The Labute approximate surface area is 121 Å². The maximum absolute atomic E-state index is 12.7. The molecule has 2 unspecified atom stereocenters. The summed E-state index contributed by atoms with van der Waals surface area (Å²) in [6.07, 6.45) is 3.52. The summed E-state index contributed by atoms with van der Waals surface area (Å²) >= 11 is 2.02. The van der Waals surface area contributed by atoms with E-state index in [9.17, 15) is 4.79 Å². The number of hydrogen-bond donors (Lipinski definition) is 1. The predicted molar refractivity (Wildman–Crippen MR) is 82.2 cm³/mol. The molecule has 1 amide bonds. The summed E-state index contributed by atoms with van der Waals surface area (Å²) in [4.78, 5) is 14.9. The lowest BCUT2D eigenvalue weighted by molar-refractivity contribution is -0.133. The molecule has 2 rings (SSSR count). The van der Waals surface area contributed by atoms with Crippen LogP contribution in [0.15, 0.2) is 0 Å². The van der Waals surface area contributed by atoms with Gasteiger partial charge >= 0.3 is 0 Å². The van der Waals surface area contributed by atoms with E-state index in [2.05, 4.69) is 37.9 Å². The topological polar surface area (TPSA) is 32.3 Å². The number of nitrogens with zero attached hydrogens (tertiary/aromatic N) is 1. The molecule has 0 aromatic heterocycles. The van der Waals surface area contributed by atoms with E-state index < -0.39 is 0 Å². The Morgan fingerprint density at radius 1 is 1.26 bits per heavy atom. The molecule has 0 spiro atoms. The molecule has 2 saturated heterocycles. The number of carbonyl (C=O) groups excluding carboxylic acids is 1. The molecule has 0 saturated carbocycles. The van der Waals surface area contributed by atoms with Crippen LogP contribution in [0.25, 0.3) is 0 Å². The second kappa shape index (κ2) is 6.49. The van der Waals surface area contributed by atoms with Crippen molar-refractivity contribution in [1.82, 2.24) is 10.2 Å². The van der Waals surface area contributed by atoms with Crippen LogP contribution in [-0.2, 0) is 4.79 Å². The third-order valence-electron chi connectivity index (χ3n) is 4.15. The first-order valence-corrected chi connectivity index (χ1v) is 8.82. The number of carbonyl (C=O) groups is 1. The summed E-state index contributed by atoms with van der Waals surface area (Å²) in [6, 6.07) is 0.507. The summed E-state index contributed by atoms with van der Waals surface area (Å²) < 4.78 is 0. The van der Waals surface area contributed by atoms with Gasteiger partial charge < -0.3 is 4.90 Å². The molecule has 2 fully saturated rings. The van der Waals surface area contributed by atoms with Gasteiger partial charge in [-0.05, 0) is 42.6 Å². The smallest absolute Gasteiger partial charge is 0.241 e. The van der Waals surface area contributed by atoms with Crippen molar-refractivity contribution in [3.63, 3.8) is 0 Å². The highest BCUT2D eigenvalue weighted by molar-refractivity contribution is 7.99. The first kappa shape index (κ1) is 15.2. The van der Waals surface area contributed by atoms with Gasteiger partial charge in [-0.3, -0.25) is 10.1 Å². The standard InChI is InChI=1S/C15H28N2OS/c1-10(2)9-13-15(18)17(14(16-13)11(3)4)12-5-7-19-8-6-12/h10-14,16H,5-9H2,1-4H3. The van der Waals surface area contributed by atoms with Gasteiger partial charge in [0.05, 0.1) is 12.2 Å². The second-order valence-corrected chi connectivity index (χ2v) is 7.85. The van der Waals surface area contributed by atoms with Crippen LogP contribution in [0, 0.1) is 11.8 Å². The molecular weight excluding hydrogens is 256 g/mol. The molecule has 0 aromatic carbocycles. The predicted octanol–water partition coefficient (Wildman–Crippen LogP) is 2.71. The molecule has 2 aliphatic heterocycles. The summed E-state index contributed by atoms with van der Waals surface area (Å²) in [5.74, 6) is 3.80. The van der Waals surface area contributed by atoms with E-state index in [1.807, 2.05) is 11.8 Å². The zero-order valence-corrected chi connectivity index (χ0v) is 13.5. The van der Waals surface area contributed by atoms with Crippen molar-refractivity contribution in [2.24, 2.45) is 11.8 Å². The minimum Gasteiger partial charge on any atom is -0.322 e. The molecule has 2 aliphatic rings. The van der Waals surface area contributed by atoms with E-state index in [4.69, 9.17) is 0 Å². The van der Waals surface area contributed by atoms with Gasteiger partial charge in [0, 0.05) is 6.04 Å². The van der Waals surface area contributed by atoms with Crippen molar-refractivity contribution < 1.29 is 4.79 Å². The highest BCUT2D eigenvalue weighted by Crippen LogP contribution is 2.29. The molecule has 0 radical (unpaired) electrons. The number of hydrogen-bond acceptors (Lipinski definition) is 3. The van der Waals surface area contributed by atoms with Gasteiger partial charge in [-0.2, -0.15) is 11.8 Å². The second-order valence-electron chi connectivity index (χ2n) is 6.63. The molecule has 3 nitrogen and oxygen atoms in total. The monoisotopic (exact) mass is 284 g/mol. The molecule has 0 aliphatic carbocycles. The minimum atomic E-state index is 0.0435. The number of amides is 1. The van der Waals surface area contributed by atoms with Crippen LogP contribution in [-0.4, -0.2) is 40.6 Å². The van der Waals surface area contributed by atoms with E-state index >= 15 is 0 Å². The summed E-state index contributed by atoms with van der Waals surface area (Å²) in [5, 5.41) is 3.59. The van der Waals surface area contributed by atoms with Crippen molar-refractivity contribution in [1.29, 1.82) is 0 Å². The summed E-state index contributed by atoms with van der Waals surface area (Å²) in [6.45, 7) is 8.82. The number of nitrogens with one attached hydrogen (secondary N) is 1. The Morgan fingerprint density at radius 2 is 1.89 bits per heavy atom. The van der Waals surface area contributed by atoms with Gasteiger partial charge in [0.1, 0.15) is 0 Å². The van der Waals surface area contributed by atoms with Crippen molar-refractivity contribution in [2.45, 2.75) is 65.2 Å². The van der Waals surface area contributed by atoms with Crippen molar-refractivity contribution in [3.05, 3.63) is 0 Å². The lowest BCUT2D eigenvalue weighted by atomic mass is 10.0. The maximum atomic E-state index is 12.7. The van der Waals surface area contributed by atoms with Gasteiger partial charge in [-0.25, -0.2) is 0 Å². The van der Waals surface area contributed by atoms with Crippen LogP contribution in [0.3, 0.4) is 0 Å². The number of rotatable bonds is 4. The molecule has 2 heterocycles. The van der Waals surface area contributed by atoms with E-state index in [1.165, 1.54) is 11.5 Å². The molecule has 110 valence electrons. The Balaban J connectivity index is 2.10. The fraction of sp³-hybridized carbons (Fsp3) is 0.933. The lowest BCUT2D eigenvalue weighted by Crippen LogP contribution is -2.48. The van der Waals surface area contributed by atoms with Crippen LogP contribution < -0.4 is 5.32 Å². The Hall–Kier alpha value is -0.220. The van der Waals surface area contributed by atoms with Crippen LogP contribution in [0.2, 0.25) is 0 Å². The Morgan fingerprint density at radius 3 is 2.42 bits per heavy atom. The molecule has 0 bridgehead atoms. The Bertz CT molecular complexity index is 313. The molecule has 2 atom stereocenters. The van der Waals surface area contributed by atoms with Crippen molar-refractivity contribution >= 4 is 17.7 Å². The minimum absolute atomic E-state index is 0.0435. The maximum Gasteiger partial charge on any atom is 0.241 e. The van der Waals surface area contributed by atoms with E-state index in [-0.39, 0.29) is 12.2 Å².